The fraction of sp³-hybridized carbons (Fsp3) is 0.333. The third kappa shape index (κ3) is 3.93. The molecular formula is C15H19N3. The van der Waals surface area contributed by atoms with Gasteiger partial charge in [0.1, 0.15) is 5.82 Å². The zero-order valence-electron chi connectivity index (χ0n) is 10.9. The van der Waals surface area contributed by atoms with Crippen LogP contribution in [-0.2, 0) is 13.0 Å². The highest BCUT2D eigenvalue weighted by atomic mass is 14.9. The summed E-state index contributed by atoms with van der Waals surface area (Å²) < 4.78 is 0. The van der Waals surface area contributed by atoms with E-state index in [1.165, 1.54) is 5.56 Å². The number of aromatic nitrogens is 2. The lowest BCUT2D eigenvalue weighted by atomic mass is 10.1. The van der Waals surface area contributed by atoms with E-state index < -0.39 is 0 Å². The Kier molecular flexibility index (Phi) is 4.42. The number of hydrogen-bond acceptors (Lipinski definition) is 3. The molecule has 0 saturated carbocycles. The molecule has 3 nitrogen and oxygen atoms in total. The van der Waals surface area contributed by atoms with Gasteiger partial charge in [0.15, 0.2) is 0 Å². The molecule has 2 rings (SSSR count). The first-order valence-corrected chi connectivity index (χ1v) is 6.30. The van der Waals surface area contributed by atoms with Gasteiger partial charge < -0.3 is 5.32 Å². The van der Waals surface area contributed by atoms with Crippen molar-refractivity contribution in [2.75, 3.05) is 0 Å². The highest BCUT2D eigenvalue weighted by Gasteiger charge is 2.03. The van der Waals surface area contributed by atoms with Gasteiger partial charge in [0.25, 0.3) is 0 Å². The van der Waals surface area contributed by atoms with E-state index in [2.05, 4.69) is 46.5 Å². The number of nitrogens with zero attached hydrogens (tertiary/aromatic N) is 2. The molecule has 0 spiro atoms. The van der Waals surface area contributed by atoms with Gasteiger partial charge in [-0.15, -0.1) is 0 Å². The van der Waals surface area contributed by atoms with Crippen molar-refractivity contribution >= 4 is 0 Å². The maximum Gasteiger partial charge on any atom is 0.125 e. The van der Waals surface area contributed by atoms with Crippen molar-refractivity contribution in [2.45, 2.75) is 32.9 Å². The molecule has 0 fully saturated rings. The lowest BCUT2D eigenvalue weighted by molar-refractivity contribution is 0.539. The molecule has 18 heavy (non-hydrogen) atoms. The predicted molar refractivity (Wildman–Crippen MR) is 73.2 cm³/mol. The van der Waals surface area contributed by atoms with E-state index in [9.17, 15) is 0 Å². The SMILES string of the molecule is Cc1nccc(CNC(C)Cc2ccccc2)n1. The highest BCUT2D eigenvalue weighted by Crippen LogP contribution is 2.03. The van der Waals surface area contributed by atoms with E-state index in [0.29, 0.717) is 6.04 Å². The van der Waals surface area contributed by atoms with Gasteiger partial charge in [0.2, 0.25) is 0 Å². The lowest BCUT2D eigenvalue weighted by Gasteiger charge is -2.13. The molecule has 94 valence electrons. The molecule has 1 aromatic carbocycles. The Morgan fingerprint density at radius 2 is 1.94 bits per heavy atom. The summed E-state index contributed by atoms with van der Waals surface area (Å²) in [6.07, 6.45) is 2.84. The summed E-state index contributed by atoms with van der Waals surface area (Å²) in [5.74, 6) is 0.824. The number of benzene rings is 1. The number of aryl methyl sites for hydroxylation is 1. The summed E-state index contributed by atoms with van der Waals surface area (Å²) in [7, 11) is 0. The maximum atomic E-state index is 4.38. The van der Waals surface area contributed by atoms with Gasteiger partial charge >= 0.3 is 0 Å². The Hall–Kier alpha value is -1.74. The van der Waals surface area contributed by atoms with E-state index >= 15 is 0 Å². The molecule has 0 aliphatic rings. The topological polar surface area (TPSA) is 37.8 Å². The number of hydrogen-bond donors (Lipinski definition) is 1. The van der Waals surface area contributed by atoms with Gasteiger partial charge in [0, 0.05) is 18.8 Å². The largest absolute Gasteiger partial charge is 0.308 e. The molecule has 1 heterocycles. The van der Waals surface area contributed by atoms with E-state index in [-0.39, 0.29) is 0 Å². The standard InChI is InChI=1S/C15H19N3/c1-12(10-14-6-4-3-5-7-14)17-11-15-8-9-16-13(2)18-15/h3-9,12,17H,10-11H2,1-2H3. The molecule has 0 radical (unpaired) electrons. The van der Waals surface area contributed by atoms with Crippen molar-refractivity contribution in [2.24, 2.45) is 0 Å². The van der Waals surface area contributed by atoms with Gasteiger partial charge in [-0.3, -0.25) is 0 Å². The third-order valence-electron chi connectivity index (χ3n) is 2.85. The zero-order chi connectivity index (χ0) is 12.8. The van der Waals surface area contributed by atoms with Crippen LogP contribution in [0.2, 0.25) is 0 Å². The van der Waals surface area contributed by atoms with Crippen LogP contribution in [0.5, 0.6) is 0 Å². The molecule has 0 aliphatic carbocycles. The molecule has 1 N–H and O–H groups in total. The number of rotatable bonds is 5. The second-order valence-corrected chi connectivity index (χ2v) is 4.57. The maximum absolute atomic E-state index is 4.38. The summed E-state index contributed by atoms with van der Waals surface area (Å²) >= 11 is 0. The summed E-state index contributed by atoms with van der Waals surface area (Å²) in [5.41, 5.74) is 2.40. The van der Waals surface area contributed by atoms with Crippen molar-refractivity contribution in [1.82, 2.24) is 15.3 Å². The second-order valence-electron chi connectivity index (χ2n) is 4.57. The van der Waals surface area contributed by atoms with Crippen LogP contribution in [0, 0.1) is 6.92 Å². The van der Waals surface area contributed by atoms with Crippen LogP contribution < -0.4 is 5.32 Å². The van der Waals surface area contributed by atoms with Crippen molar-refractivity contribution < 1.29 is 0 Å². The summed E-state index contributed by atoms with van der Waals surface area (Å²) in [5, 5.41) is 3.48. The summed E-state index contributed by atoms with van der Waals surface area (Å²) in [6.45, 7) is 4.90. The molecule has 2 aromatic rings. The summed E-state index contributed by atoms with van der Waals surface area (Å²) in [6, 6.07) is 12.9. The minimum absolute atomic E-state index is 0.433. The van der Waals surface area contributed by atoms with Crippen LogP contribution in [-0.4, -0.2) is 16.0 Å². The van der Waals surface area contributed by atoms with Crippen LogP contribution in [0.4, 0.5) is 0 Å². The Balaban J connectivity index is 1.83. The lowest BCUT2D eigenvalue weighted by Crippen LogP contribution is -2.28. The monoisotopic (exact) mass is 241 g/mol. The third-order valence-corrected chi connectivity index (χ3v) is 2.85. The van der Waals surface area contributed by atoms with Gasteiger partial charge in [-0.2, -0.15) is 0 Å². The van der Waals surface area contributed by atoms with Crippen molar-refractivity contribution in [3.63, 3.8) is 0 Å². The predicted octanol–water partition coefficient (Wildman–Crippen LogP) is 2.51. The number of nitrogens with one attached hydrogen (secondary N) is 1. The smallest absolute Gasteiger partial charge is 0.125 e. The first-order valence-electron chi connectivity index (χ1n) is 6.30. The van der Waals surface area contributed by atoms with Crippen LogP contribution in [0.25, 0.3) is 0 Å². The van der Waals surface area contributed by atoms with Crippen LogP contribution in [0.1, 0.15) is 24.0 Å². The van der Waals surface area contributed by atoms with Gasteiger partial charge in [-0.1, -0.05) is 30.3 Å². The van der Waals surface area contributed by atoms with Crippen molar-refractivity contribution in [3.05, 3.63) is 59.7 Å². The van der Waals surface area contributed by atoms with Gasteiger partial charge in [-0.25, -0.2) is 9.97 Å². The van der Waals surface area contributed by atoms with Crippen molar-refractivity contribution in [3.8, 4) is 0 Å². The molecule has 1 unspecified atom stereocenters. The first-order chi connectivity index (χ1) is 8.74. The zero-order valence-corrected chi connectivity index (χ0v) is 10.9. The average Bonchev–Trinajstić information content (AvgIpc) is 2.38. The molecular weight excluding hydrogens is 222 g/mol. The Morgan fingerprint density at radius 1 is 1.17 bits per heavy atom. The molecule has 0 amide bonds. The Morgan fingerprint density at radius 3 is 2.67 bits per heavy atom. The first kappa shape index (κ1) is 12.7. The van der Waals surface area contributed by atoms with E-state index in [1.807, 2.05) is 19.1 Å². The minimum atomic E-state index is 0.433. The van der Waals surface area contributed by atoms with E-state index in [0.717, 1.165) is 24.5 Å². The Bertz CT molecular complexity index is 482. The van der Waals surface area contributed by atoms with Crippen LogP contribution >= 0.6 is 0 Å². The molecule has 0 saturated heterocycles. The van der Waals surface area contributed by atoms with Crippen molar-refractivity contribution in [1.29, 1.82) is 0 Å². The van der Waals surface area contributed by atoms with Crippen LogP contribution in [0.3, 0.4) is 0 Å². The van der Waals surface area contributed by atoms with Gasteiger partial charge in [0.05, 0.1) is 5.69 Å². The molecule has 0 aliphatic heterocycles. The minimum Gasteiger partial charge on any atom is -0.308 e. The normalized spacial score (nSPS) is 12.3. The second kappa shape index (κ2) is 6.26. The average molecular weight is 241 g/mol. The van der Waals surface area contributed by atoms with Gasteiger partial charge in [-0.05, 0) is 31.9 Å². The van der Waals surface area contributed by atoms with E-state index in [1.54, 1.807) is 6.20 Å². The molecule has 1 atom stereocenters. The quantitative estimate of drug-likeness (QED) is 0.874. The fourth-order valence-electron chi connectivity index (χ4n) is 1.92. The fourth-order valence-corrected chi connectivity index (χ4v) is 1.92. The highest BCUT2D eigenvalue weighted by molar-refractivity contribution is 5.15. The molecule has 0 bridgehead atoms. The van der Waals surface area contributed by atoms with Crippen LogP contribution in [0.15, 0.2) is 42.6 Å². The van der Waals surface area contributed by atoms with E-state index in [4.69, 9.17) is 0 Å². The summed E-state index contributed by atoms with van der Waals surface area (Å²) in [4.78, 5) is 8.47. The molecule has 1 aromatic heterocycles. The Labute approximate surface area is 108 Å². The molecule has 3 heteroatoms.